The van der Waals surface area contributed by atoms with E-state index >= 15 is 0 Å². The first-order valence-electron chi connectivity index (χ1n) is 8.56. The van der Waals surface area contributed by atoms with Gasteiger partial charge in [-0.05, 0) is 47.1 Å². The molecule has 0 spiro atoms. The Morgan fingerprint density at radius 3 is 2.78 bits per heavy atom. The molecule has 3 heterocycles. The molecule has 1 atom stereocenters. The first-order valence-corrected chi connectivity index (χ1v) is 9.35. The third-order valence-corrected chi connectivity index (χ3v) is 5.31. The Labute approximate surface area is 163 Å². The molecule has 3 aromatic rings. The highest BCUT2D eigenvalue weighted by Gasteiger charge is 2.26. The number of nitrogens with zero attached hydrogens (tertiary/aromatic N) is 4. The summed E-state index contributed by atoms with van der Waals surface area (Å²) in [5.74, 6) is -0.394. The molecule has 1 N–H and O–H groups in total. The lowest BCUT2D eigenvalue weighted by Gasteiger charge is -2.18. The second-order valence-electron chi connectivity index (χ2n) is 6.05. The first-order chi connectivity index (χ1) is 13.1. The Bertz CT molecular complexity index is 952. The zero-order valence-electron chi connectivity index (χ0n) is 14.5. The van der Waals surface area contributed by atoms with Crippen LogP contribution in [0.3, 0.4) is 0 Å². The van der Waals surface area contributed by atoms with Gasteiger partial charge in [0.25, 0.3) is 0 Å². The van der Waals surface area contributed by atoms with E-state index in [0.29, 0.717) is 46.9 Å². The number of hydrogen-bond donors (Lipinski definition) is 1. The van der Waals surface area contributed by atoms with Gasteiger partial charge in [0.2, 0.25) is 0 Å². The summed E-state index contributed by atoms with van der Waals surface area (Å²) in [5, 5.41) is 19.5. The van der Waals surface area contributed by atoms with E-state index in [-0.39, 0.29) is 0 Å². The summed E-state index contributed by atoms with van der Waals surface area (Å²) >= 11 is 3.48. The van der Waals surface area contributed by atoms with Gasteiger partial charge in [-0.1, -0.05) is 0 Å². The minimum Gasteiger partial charge on any atom is -0.382 e. The number of aliphatic hydroxyl groups excluding tert-OH is 1. The van der Waals surface area contributed by atoms with Crippen molar-refractivity contribution in [2.45, 2.75) is 25.9 Å². The summed E-state index contributed by atoms with van der Waals surface area (Å²) in [6.45, 7) is 3.52. The Morgan fingerprint density at radius 2 is 2.07 bits per heavy atom. The molecule has 0 amide bonds. The number of halogens is 2. The lowest BCUT2D eigenvalue weighted by molar-refractivity contribution is -0.0443. The molecule has 1 aliphatic heterocycles. The molecule has 0 radical (unpaired) electrons. The van der Waals surface area contributed by atoms with Crippen LogP contribution in [0.25, 0.3) is 5.69 Å². The number of ether oxygens (including phenoxy) is 2. The van der Waals surface area contributed by atoms with Gasteiger partial charge in [-0.2, -0.15) is 10.2 Å². The highest BCUT2D eigenvalue weighted by atomic mass is 79.9. The fourth-order valence-corrected chi connectivity index (χ4v) is 3.78. The van der Waals surface area contributed by atoms with E-state index in [9.17, 15) is 9.50 Å². The van der Waals surface area contributed by atoms with Crippen molar-refractivity contribution in [2.75, 3.05) is 13.2 Å². The average Bonchev–Trinajstić information content (AvgIpc) is 3.41. The molecular formula is C18H18BrFN4O3. The van der Waals surface area contributed by atoms with Crippen LogP contribution >= 0.6 is 15.9 Å². The van der Waals surface area contributed by atoms with Crippen molar-refractivity contribution in [3.8, 4) is 5.69 Å². The van der Waals surface area contributed by atoms with Gasteiger partial charge in [0.05, 0.1) is 30.8 Å². The summed E-state index contributed by atoms with van der Waals surface area (Å²) < 4.78 is 28.9. The Morgan fingerprint density at radius 1 is 1.30 bits per heavy atom. The molecule has 0 bridgehead atoms. The first kappa shape index (κ1) is 18.3. The third kappa shape index (κ3) is 3.31. The average molecular weight is 437 g/mol. The van der Waals surface area contributed by atoms with E-state index in [4.69, 9.17) is 9.47 Å². The fourth-order valence-electron chi connectivity index (χ4n) is 3.11. The normalized spacial score (nSPS) is 16.1. The van der Waals surface area contributed by atoms with Crippen molar-refractivity contribution >= 4 is 15.9 Å². The number of aromatic nitrogens is 4. The maximum absolute atomic E-state index is 13.9. The second kappa shape index (κ2) is 7.51. The minimum absolute atomic E-state index is 0.394. The molecule has 0 aliphatic carbocycles. The van der Waals surface area contributed by atoms with Crippen LogP contribution in [-0.2, 0) is 16.0 Å². The molecule has 1 fully saturated rings. The quantitative estimate of drug-likeness (QED) is 0.664. The highest BCUT2D eigenvalue weighted by molar-refractivity contribution is 9.10. The van der Waals surface area contributed by atoms with Crippen molar-refractivity contribution in [3.05, 3.63) is 63.9 Å². The number of hydrogen-bond acceptors (Lipinski definition) is 5. The van der Waals surface area contributed by atoms with Gasteiger partial charge >= 0.3 is 0 Å². The molecular weight excluding hydrogens is 419 g/mol. The molecule has 27 heavy (non-hydrogen) atoms. The molecule has 7 nitrogen and oxygen atoms in total. The number of aliphatic hydroxyl groups is 1. The molecule has 9 heteroatoms. The standard InChI is InChI=1S/C18H18BrFN4O3/c1-2-23-17(19)13(10-22-23)16(25)15-5-6-21-24(15)14-4-3-11(20)9-12(14)18-26-7-8-27-18/h3-6,9-10,16,18,25H,2,7-8H2,1H3. The van der Waals surface area contributed by atoms with Gasteiger partial charge in [0.15, 0.2) is 6.29 Å². The summed E-state index contributed by atoms with van der Waals surface area (Å²) in [4.78, 5) is 0. The van der Waals surface area contributed by atoms with Gasteiger partial charge < -0.3 is 14.6 Å². The summed E-state index contributed by atoms with van der Waals surface area (Å²) in [6, 6.07) is 6.03. The van der Waals surface area contributed by atoms with Crippen LogP contribution in [0.1, 0.15) is 36.1 Å². The van der Waals surface area contributed by atoms with Crippen LogP contribution in [0, 0.1) is 5.82 Å². The zero-order valence-corrected chi connectivity index (χ0v) is 16.1. The lowest BCUT2D eigenvalue weighted by atomic mass is 10.1. The number of benzene rings is 1. The SMILES string of the molecule is CCn1ncc(C(O)c2ccnn2-c2ccc(F)cc2C2OCCO2)c1Br. The molecule has 4 rings (SSSR count). The van der Waals surface area contributed by atoms with E-state index in [0.717, 1.165) is 0 Å². The van der Waals surface area contributed by atoms with Gasteiger partial charge in [0, 0.05) is 23.9 Å². The monoisotopic (exact) mass is 436 g/mol. The molecule has 0 saturated carbocycles. The van der Waals surface area contributed by atoms with E-state index in [2.05, 4.69) is 26.1 Å². The summed E-state index contributed by atoms with van der Waals surface area (Å²) in [5.41, 5.74) is 2.25. The van der Waals surface area contributed by atoms with Crippen molar-refractivity contribution in [3.63, 3.8) is 0 Å². The lowest BCUT2D eigenvalue weighted by Crippen LogP contribution is -2.13. The topological polar surface area (TPSA) is 74.3 Å². The highest BCUT2D eigenvalue weighted by Crippen LogP contribution is 2.33. The van der Waals surface area contributed by atoms with E-state index < -0.39 is 18.2 Å². The van der Waals surface area contributed by atoms with Crippen LogP contribution in [0.2, 0.25) is 0 Å². The van der Waals surface area contributed by atoms with Crippen LogP contribution in [0.4, 0.5) is 4.39 Å². The molecule has 1 saturated heterocycles. The van der Waals surface area contributed by atoms with Crippen molar-refractivity contribution in [2.24, 2.45) is 0 Å². The number of aryl methyl sites for hydroxylation is 1. The van der Waals surface area contributed by atoms with Crippen molar-refractivity contribution in [1.29, 1.82) is 0 Å². The van der Waals surface area contributed by atoms with Crippen LogP contribution < -0.4 is 0 Å². The van der Waals surface area contributed by atoms with Gasteiger partial charge in [-0.3, -0.25) is 4.68 Å². The maximum Gasteiger partial charge on any atom is 0.186 e. The predicted molar refractivity (Wildman–Crippen MR) is 97.8 cm³/mol. The van der Waals surface area contributed by atoms with E-state index in [1.165, 1.54) is 12.1 Å². The Balaban J connectivity index is 1.77. The predicted octanol–water partition coefficient (Wildman–Crippen LogP) is 3.12. The molecule has 2 aromatic heterocycles. The van der Waals surface area contributed by atoms with Crippen LogP contribution in [0.15, 0.2) is 41.3 Å². The van der Waals surface area contributed by atoms with Gasteiger partial charge in [0.1, 0.15) is 16.5 Å². The van der Waals surface area contributed by atoms with Crippen LogP contribution in [0.5, 0.6) is 0 Å². The van der Waals surface area contributed by atoms with Crippen molar-refractivity contribution in [1.82, 2.24) is 19.6 Å². The smallest absolute Gasteiger partial charge is 0.186 e. The molecule has 142 valence electrons. The minimum atomic E-state index is -0.967. The van der Waals surface area contributed by atoms with E-state index in [1.807, 2.05) is 6.92 Å². The van der Waals surface area contributed by atoms with Gasteiger partial charge in [-0.15, -0.1) is 0 Å². The molecule has 1 aliphatic rings. The third-order valence-electron chi connectivity index (χ3n) is 4.44. The largest absolute Gasteiger partial charge is 0.382 e. The number of rotatable bonds is 5. The molecule has 1 aromatic carbocycles. The van der Waals surface area contributed by atoms with Gasteiger partial charge in [-0.25, -0.2) is 9.07 Å². The zero-order chi connectivity index (χ0) is 19.0. The maximum atomic E-state index is 13.9. The fraction of sp³-hybridized carbons (Fsp3) is 0.333. The second-order valence-corrected chi connectivity index (χ2v) is 6.80. The summed E-state index contributed by atoms with van der Waals surface area (Å²) in [6.07, 6.45) is 1.56. The van der Waals surface area contributed by atoms with E-state index in [1.54, 1.807) is 33.9 Å². The summed E-state index contributed by atoms with van der Waals surface area (Å²) in [7, 11) is 0. The van der Waals surface area contributed by atoms with Crippen LogP contribution in [-0.4, -0.2) is 37.9 Å². The Kier molecular flexibility index (Phi) is 5.09. The van der Waals surface area contributed by atoms with Crippen molar-refractivity contribution < 1.29 is 19.0 Å². The molecule has 1 unspecified atom stereocenters. The Hall–Kier alpha value is -2.07.